The number of rotatable bonds is 3. The molecule has 2 rings (SSSR count). The Morgan fingerprint density at radius 2 is 1.94 bits per heavy atom. The first kappa shape index (κ1) is 12.1. The highest BCUT2D eigenvalue weighted by molar-refractivity contribution is 6.03. The summed E-state index contributed by atoms with van der Waals surface area (Å²) in [6.07, 6.45) is 1.47. The fourth-order valence-electron chi connectivity index (χ4n) is 1.49. The molecule has 0 aliphatic rings. The molecule has 1 amide bonds. The molecule has 0 aliphatic carbocycles. The van der Waals surface area contributed by atoms with E-state index in [0.29, 0.717) is 5.69 Å². The Kier molecular flexibility index (Phi) is 3.54. The topological polar surface area (TPSA) is 82.2 Å². The third-order valence-electron chi connectivity index (χ3n) is 2.46. The zero-order valence-electron chi connectivity index (χ0n) is 9.51. The van der Waals surface area contributed by atoms with Crippen molar-refractivity contribution in [3.8, 4) is 0 Å². The first-order valence-corrected chi connectivity index (χ1v) is 5.39. The third kappa shape index (κ3) is 2.64. The summed E-state index contributed by atoms with van der Waals surface area (Å²) in [7, 11) is 0. The van der Waals surface area contributed by atoms with E-state index in [2.05, 4.69) is 10.3 Å². The predicted molar refractivity (Wildman–Crippen MR) is 67.4 cm³/mol. The summed E-state index contributed by atoms with van der Waals surface area (Å²) in [5.41, 5.74) is 0.955. The number of hydrogen-bond acceptors (Lipinski definition) is 3. The van der Waals surface area contributed by atoms with Crippen LogP contribution in [0.2, 0.25) is 0 Å². The lowest BCUT2D eigenvalue weighted by Crippen LogP contribution is -2.22. The molecule has 1 aromatic heterocycles. The van der Waals surface area contributed by atoms with Crippen LogP contribution in [0.3, 0.4) is 0 Å². The molecule has 0 spiro atoms. The van der Waals surface area contributed by atoms with E-state index in [-0.39, 0.29) is 12.2 Å². The van der Waals surface area contributed by atoms with Gasteiger partial charge in [0.1, 0.15) is 5.56 Å². The molecule has 0 saturated heterocycles. The van der Waals surface area contributed by atoms with Crippen molar-refractivity contribution in [1.82, 2.24) is 4.98 Å². The summed E-state index contributed by atoms with van der Waals surface area (Å²) in [4.78, 5) is 25.6. The van der Waals surface area contributed by atoms with Gasteiger partial charge < -0.3 is 15.4 Å². The van der Waals surface area contributed by atoms with Crippen molar-refractivity contribution in [2.75, 3.05) is 5.32 Å². The molecule has 5 heteroatoms. The normalized spacial score (nSPS) is 10.1. The average Bonchev–Trinajstić information content (AvgIpc) is 2.40. The van der Waals surface area contributed by atoms with Crippen LogP contribution >= 0.6 is 0 Å². The van der Waals surface area contributed by atoms with Crippen LogP contribution in [0.5, 0.6) is 0 Å². The van der Waals surface area contributed by atoms with Crippen molar-refractivity contribution in [3.05, 3.63) is 64.1 Å². The first-order valence-electron chi connectivity index (χ1n) is 5.39. The van der Waals surface area contributed by atoms with E-state index in [4.69, 9.17) is 5.11 Å². The van der Waals surface area contributed by atoms with Crippen molar-refractivity contribution in [1.29, 1.82) is 0 Å². The fourth-order valence-corrected chi connectivity index (χ4v) is 1.49. The van der Waals surface area contributed by atoms with E-state index < -0.39 is 11.5 Å². The SMILES string of the molecule is O=C(Nc1ccc(CO)cc1)c1ccc[nH]c1=O. The van der Waals surface area contributed by atoms with Crippen LogP contribution in [-0.4, -0.2) is 16.0 Å². The van der Waals surface area contributed by atoms with Gasteiger partial charge in [-0.3, -0.25) is 9.59 Å². The maximum absolute atomic E-state index is 11.8. The molecule has 0 atom stereocenters. The number of nitrogens with one attached hydrogen (secondary N) is 2. The van der Waals surface area contributed by atoms with Gasteiger partial charge in [0, 0.05) is 11.9 Å². The number of aliphatic hydroxyl groups is 1. The van der Waals surface area contributed by atoms with Crippen LogP contribution in [0.15, 0.2) is 47.4 Å². The van der Waals surface area contributed by atoms with Gasteiger partial charge in [-0.05, 0) is 29.8 Å². The van der Waals surface area contributed by atoms with Crippen LogP contribution in [-0.2, 0) is 6.61 Å². The summed E-state index contributed by atoms with van der Waals surface area (Å²) in [6, 6.07) is 9.78. The van der Waals surface area contributed by atoms with E-state index in [1.165, 1.54) is 12.3 Å². The summed E-state index contributed by atoms with van der Waals surface area (Å²) in [5, 5.41) is 11.5. The Labute approximate surface area is 103 Å². The standard InChI is InChI=1S/C13H12N2O3/c16-8-9-3-5-10(6-4-9)15-13(18)11-2-1-7-14-12(11)17/h1-7,16H,8H2,(H,14,17)(H,15,18). The van der Waals surface area contributed by atoms with Crippen molar-refractivity contribution >= 4 is 11.6 Å². The second kappa shape index (κ2) is 5.29. The highest BCUT2D eigenvalue weighted by Gasteiger charge is 2.09. The number of pyridine rings is 1. The zero-order chi connectivity index (χ0) is 13.0. The van der Waals surface area contributed by atoms with Gasteiger partial charge in [0.25, 0.3) is 11.5 Å². The number of aromatic nitrogens is 1. The van der Waals surface area contributed by atoms with Gasteiger partial charge in [0.15, 0.2) is 0 Å². The van der Waals surface area contributed by atoms with Gasteiger partial charge >= 0.3 is 0 Å². The van der Waals surface area contributed by atoms with Gasteiger partial charge in [-0.2, -0.15) is 0 Å². The molecule has 0 saturated carbocycles. The van der Waals surface area contributed by atoms with E-state index in [0.717, 1.165) is 5.56 Å². The Morgan fingerprint density at radius 3 is 2.56 bits per heavy atom. The molecule has 2 aromatic rings. The van der Waals surface area contributed by atoms with Crippen LogP contribution in [0, 0.1) is 0 Å². The molecule has 0 bridgehead atoms. The summed E-state index contributed by atoms with van der Waals surface area (Å²) in [6.45, 7) is -0.0490. The van der Waals surface area contributed by atoms with Gasteiger partial charge in [0.2, 0.25) is 0 Å². The number of H-pyrrole nitrogens is 1. The van der Waals surface area contributed by atoms with E-state index in [1.54, 1.807) is 30.3 Å². The van der Waals surface area contributed by atoms with Crippen LogP contribution in [0.1, 0.15) is 15.9 Å². The second-order valence-corrected chi connectivity index (χ2v) is 3.72. The molecule has 0 aliphatic heterocycles. The van der Waals surface area contributed by atoms with Crippen LogP contribution in [0.25, 0.3) is 0 Å². The van der Waals surface area contributed by atoms with E-state index >= 15 is 0 Å². The third-order valence-corrected chi connectivity index (χ3v) is 2.46. The van der Waals surface area contributed by atoms with E-state index in [1.807, 2.05) is 0 Å². The lowest BCUT2D eigenvalue weighted by molar-refractivity contribution is 0.102. The number of hydrogen-bond donors (Lipinski definition) is 3. The molecule has 0 fully saturated rings. The maximum Gasteiger partial charge on any atom is 0.261 e. The number of amides is 1. The molecule has 3 N–H and O–H groups in total. The monoisotopic (exact) mass is 244 g/mol. The largest absolute Gasteiger partial charge is 0.392 e. The van der Waals surface area contributed by atoms with Crippen LogP contribution in [0.4, 0.5) is 5.69 Å². The van der Waals surface area contributed by atoms with Gasteiger partial charge in [-0.1, -0.05) is 12.1 Å². The smallest absolute Gasteiger partial charge is 0.261 e. The quantitative estimate of drug-likeness (QED) is 0.756. The average molecular weight is 244 g/mol. The molecular weight excluding hydrogens is 232 g/mol. The Morgan fingerprint density at radius 1 is 1.22 bits per heavy atom. The number of benzene rings is 1. The molecular formula is C13H12N2O3. The summed E-state index contributed by atoms with van der Waals surface area (Å²) in [5.74, 6) is -0.464. The minimum absolute atomic E-state index is 0.0490. The Hall–Kier alpha value is -2.40. The molecule has 5 nitrogen and oxygen atoms in total. The van der Waals surface area contributed by atoms with Crippen molar-refractivity contribution in [2.24, 2.45) is 0 Å². The highest BCUT2D eigenvalue weighted by atomic mass is 16.3. The second-order valence-electron chi connectivity index (χ2n) is 3.72. The fraction of sp³-hybridized carbons (Fsp3) is 0.0769. The molecule has 0 radical (unpaired) electrons. The van der Waals surface area contributed by atoms with Crippen molar-refractivity contribution in [3.63, 3.8) is 0 Å². The zero-order valence-corrected chi connectivity index (χ0v) is 9.51. The predicted octanol–water partition coefficient (Wildman–Crippen LogP) is 1.12. The van der Waals surface area contributed by atoms with Crippen LogP contribution < -0.4 is 10.9 Å². The minimum Gasteiger partial charge on any atom is -0.392 e. The lowest BCUT2D eigenvalue weighted by atomic mass is 10.2. The highest BCUT2D eigenvalue weighted by Crippen LogP contribution is 2.10. The molecule has 0 unspecified atom stereocenters. The number of carbonyl (C=O) groups is 1. The number of anilines is 1. The van der Waals surface area contributed by atoms with Gasteiger partial charge in [0.05, 0.1) is 6.61 Å². The van der Waals surface area contributed by atoms with Gasteiger partial charge in [-0.25, -0.2) is 0 Å². The number of aliphatic hydroxyl groups excluding tert-OH is 1. The summed E-state index contributed by atoms with van der Waals surface area (Å²) < 4.78 is 0. The molecule has 1 aromatic carbocycles. The van der Waals surface area contributed by atoms with Gasteiger partial charge in [-0.15, -0.1) is 0 Å². The van der Waals surface area contributed by atoms with E-state index in [9.17, 15) is 9.59 Å². The number of aromatic amines is 1. The Bertz CT molecular complexity index is 602. The summed E-state index contributed by atoms with van der Waals surface area (Å²) >= 11 is 0. The maximum atomic E-state index is 11.8. The molecule has 18 heavy (non-hydrogen) atoms. The van der Waals surface area contributed by atoms with Crippen molar-refractivity contribution < 1.29 is 9.90 Å². The first-order chi connectivity index (χ1) is 8.70. The molecule has 92 valence electrons. The molecule has 1 heterocycles. The number of carbonyl (C=O) groups excluding carboxylic acids is 1. The Balaban J connectivity index is 2.16. The van der Waals surface area contributed by atoms with Crippen molar-refractivity contribution in [2.45, 2.75) is 6.61 Å². The minimum atomic E-state index is -0.464. The lowest BCUT2D eigenvalue weighted by Gasteiger charge is -2.05.